The van der Waals surface area contributed by atoms with E-state index in [-0.39, 0.29) is 17.9 Å². The molecule has 3 atom stereocenters. The minimum atomic E-state index is 0.101. The second-order valence-corrected chi connectivity index (χ2v) is 5.95. The first-order valence-electron chi connectivity index (χ1n) is 6.75. The molecule has 3 nitrogen and oxygen atoms in total. The number of hydrogen-bond acceptors (Lipinski definition) is 3. The molecule has 0 saturated heterocycles. The van der Waals surface area contributed by atoms with Crippen LogP contribution in [0.25, 0.3) is 0 Å². The molecule has 3 N–H and O–H groups in total. The van der Waals surface area contributed by atoms with Gasteiger partial charge in [-0.3, -0.25) is 4.79 Å². The first-order chi connectivity index (χ1) is 8.72. The predicted octanol–water partition coefficient (Wildman–Crippen LogP) is 2.69. The van der Waals surface area contributed by atoms with Gasteiger partial charge < -0.3 is 11.1 Å². The van der Waals surface area contributed by atoms with Crippen molar-refractivity contribution in [3.63, 3.8) is 0 Å². The SMILES string of the molecule is CC(NC(=O)C1CCCCC1CN)c1ccsc1. The van der Waals surface area contributed by atoms with E-state index in [9.17, 15) is 4.79 Å². The van der Waals surface area contributed by atoms with E-state index in [1.54, 1.807) is 11.3 Å². The van der Waals surface area contributed by atoms with E-state index in [4.69, 9.17) is 5.73 Å². The van der Waals surface area contributed by atoms with Crippen LogP contribution in [0.1, 0.15) is 44.2 Å². The maximum Gasteiger partial charge on any atom is 0.223 e. The highest BCUT2D eigenvalue weighted by Crippen LogP contribution is 2.30. The molecule has 18 heavy (non-hydrogen) atoms. The van der Waals surface area contributed by atoms with Gasteiger partial charge in [0.25, 0.3) is 0 Å². The van der Waals surface area contributed by atoms with Gasteiger partial charge in [-0.25, -0.2) is 0 Å². The van der Waals surface area contributed by atoms with Crippen LogP contribution in [-0.4, -0.2) is 12.5 Å². The first-order valence-corrected chi connectivity index (χ1v) is 7.69. The summed E-state index contributed by atoms with van der Waals surface area (Å²) in [6.45, 7) is 2.67. The summed E-state index contributed by atoms with van der Waals surface area (Å²) in [5.74, 6) is 0.669. The van der Waals surface area contributed by atoms with Crippen LogP contribution in [0.4, 0.5) is 0 Å². The summed E-state index contributed by atoms with van der Waals surface area (Å²) in [6, 6.07) is 2.17. The average Bonchev–Trinajstić information content (AvgIpc) is 2.92. The highest BCUT2D eigenvalue weighted by atomic mass is 32.1. The van der Waals surface area contributed by atoms with Crippen LogP contribution in [-0.2, 0) is 4.79 Å². The quantitative estimate of drug-likeness (QED) is 0.880. The second-order valence-electron chi connectivity index (χ2n) is 5.17. The van der Waals surface area contributed by atoms with Gasteiger partial charge in [-0.2, -0.15) is 11.3 Å². The Balaban J connectivity index is 1.94. The zero-order valence-electron chi connectivity index (χ0n) is 10.9. The van der Waals surface area contributed by atoms with Crippen molar-refractivity contribution in [1.82, 2.24) is 5.32 Å². The van der Waals surface area contributed by atoms with Crippen LogP contribution in [0.15, 0.2) is 16.8 Å². The van der Waals surface area contributed by atoms with Gasteiger partial charge in [0, 0.05) is 5.92 Å². The van der Waals surface area contributed by atoms with E-state index in [2.05, 4.69) is 16.8 Å². The summed E-state index contributed by atoms with van der Waals surface area (Å²) in [5, 5.41) is 7.26. The zero-order valence-corrected chi connectivity index (χ0v) is 11.7. The average molecular weight is 266 g/mol. The number of nitrogens with one attached hydrogen (secondary N) is 1. The van der Waals surface area contributed by atoms with E-state index < -0.39 is 0 Å². The summed E-state index contributed by atoms with van der Waals surface area (Å²) < 4.78 is 0. The number of carbonyl (C=O) groups excluding carboxylic acids is 1. The Labute approximate surface area is 113 Å². The molecule has 1 aromatic heterocycles. The van der Waals surface area contributed by atoms with Crippen molar-refractivity contribution in [3.05, 3.63) is 22.4 Å². The summed E-state index contributed by atoms with van der Waals surface area (Å²) >= 11 is 1.66. The molecule has 3 unspecified atom stereocenters. The molecular formula is C14H22N2OS. The van der Waals surface area contributed by atoms with Crippen molar-refractivity contribution in [2.45, 2.75) is 38.6 Å². The normalized spacial score (nSPS) is 25.7. The molecule has 0 aliphatic heterocycles. The van der Waals surface area contributed by atoms with Gasteiger partial charge in [0.05, 0.1) is 6.04 Å². The van der Waals surface area contributed by atoms with Gasteiger partial charge in [-0.05, 0) is 54.6 Å². The zero-order chi connectivity index (χ0) is 13.0. The lowest BCUT2D eigenvalue weighted by molar-refractivity contribution is -0.128. The van der Waals surface area contributed by atoms with Crippen molar-refractivity contribution in [2.75, 3.05) is 6.54 Å². The predicted molar refractivity (Wildman–Crippen MR) is 75.4 cm³/mol. The number of amides is 1. The fourth-order valence-corrected chi connectivity index (χ4v) is 3.51. The van der Waals surface area contributed by atoms with E-state index in [0.29, 0.717) is 12.5 Å². The Hall–Kier alpha value is -0.870. The molecule has 1 fully saturated rings. The van der Waals surface area contributed by atoms with E-state index >= 15 is 0 Å². The molecule has 0 spiro atoms. The Bertz CT molecular complexity index is 377. The van der Waals surface area contributed by atoms with Crippen LogP contribution < -0.4 is 11.1 Å². The van der Waals surface area contributed by atoms with Gasteiger partial charge in [-0.15, -0.1) is 0 Å². The second kappa shape index (κ2) is 6.34. The minimum absolute atomic E-state index is 0.101. The van der Waals surface area contributed by atoms with Gasteiger partial charge in [0.1, 0.15) is 0 Å². The van der Waals surface area contributed by atoms with Crippen LogP contribution in [0.2, 0.25) is 0 Å². The molecule has 1 amide bonds. The van der Waals surface area contributed by atoms with Gasteiger partial charge in [0.15, 0.2) is 0 Å². The van der Waals surface area contributed by atoms with E-state index in [1.807, 2.05) is 12.3 Å². The molecule has 0 radical (unpaired) electrons. The molecule has 1 heterocycles. The van der Waals surface area contributed by atoms with Crippen LogP contribution in [0.5, 0.6) is 0 Å². The van der Waals surface area contributed by atoms with Crippen LogP contribution in [0, 0.1) is 11.8 Å². The fraction of sp³-hybridized carbons (Fsp3) is 0.643. The lowest BCUT2D eigenvalue weighted by Crippen LogP contribution is -2.40. The summed E-state index contributed by atoms with van der Waals surface area (Å²) in [7, 11) is 0. The Kier molecular flexibility index (Phi) is 4.78. The molecule has 1 aliphatic carbocycles. The highest BCUT2D eigenvalue weighted by molar-refractivity contribution is 7.07. The number of carbonyl (C=O) groups is 1. The van der Waals surface area contributed by atoms with Crippen molar-refractivity contribution in [3.8, 4) is 0 Å². The third kappa shape index (κ3) is 3.12. The van der Waals surface area contributed by atoms with Gasteiger partial charge in [-0.1, -0.05) is 12.8 Å². The smallest absolute Gasteiger partial charge is 0.223 e. The lowest BCUT2D eigenvalue weighted by atomic mass is 9.78. The maximum absolute atomic E-state index is 12.3. The summed E-state index contributed by atoms with van der Waals surface area (Å²) in [6.07, 6.45) is 4.46. The number of rotatable bonds is 4. The Morgan fingerprint density at radius 1 is 1.56 bits per heavy atom. The van der Waals surface area contributed by atoms with Crippen molar-refractivity contribution < 1.29 is 4.79 Å². The molecule has 100 valence electrons. The molecule has 0 aromatic carbocycles. The van der Waals surface area contributed by atoms with Gasteiger partial charge in [0.2, 0.25) is 5.91 Å². The maximum atomic E-state index is 12.3. The third-order valence-electron chi connectivity index (χ3n) is 3.95. The van der Waals surface area contributed by atoms with Crippen LogP contribution in [0.3, 0.4) is 0 Å². The molecule has 2 rings (SSSR count). The lowest BCUT2D eigenvalue weighted by Gasteiger charge is -2.30. The monoisotopic (exact) mass is 266 g/mol. The molecule has 1 saturated carbocycles. The number of thiophene rings is 1. The van der Waals surface area contributed by atoms with Crippen molar-refractivity contribution >= 4 is 17.2 Å². The first kappa shape index (κ1) is 13.6. The Morgan fingerprint density at radius 2 is 2.33 bits per heavy atom. The fourth-order valence-electron chi connectivity index (χ4n) is 2.76. The molecule has 0 bridgehead atoms. The molecule has 4 heteroatoms. The summed E-state index contributed by atoms with van der Waals surface area (Å²) in [5.41, 5.74) is 6.97. The molecule has 1 aliphatic rings. The van der Waals surface area contributed by atoms with E-state index in [1.165, 1.54) is 12.0 Å². The van der Waals surface area contributed by atoms with Gasteiger partial charge >= 0.3 is 0 Å². The largest absolute Gasteiger partial charge is 0.349 e. The number of nitrogens with two attached hydrogens (primary N) is 1. The minimum Gasteiger partial charge on any atom is -0.349 e. The summed E-state index contributed by atoms with van der Waals surface area (Å²) in [4.78, 5) is 12.3. The van der Waals surface area contributed by atoms with Crippen molar-refractivity contribution in [1.29, 1.82) is 0 Å². The molecule has 1 aromatic rings. The van der Waals surface area contributed by atoms with Crippen molar-refractivity contribution in [2.24, 2.45) is 17.6 Å². The highest BCUT2D eigenvalue weighted by Gasteiger charge is 2.30. The number of hydrogen-bond donors (Lipinski definition) is 2. The van der Waals surface area contributed by atoms with E-state index in [0.717, 1.165) is 19.3 Å². The Morgan fingerprint density at radius 3 is 3.00 bits per heavy atom. The third-order valence-corrected chi connectivity index (χ3v) is 4.65. The topological polar surface area (TPSA) is 55.1 Å². The molecular weight excluding hydrogens is 244 g/mol. The van der Waals surface area contributed by atoms with Crippen LogP contribution >= 0.6 is 11.3 Å². The standard InChI is InChI=1S/C14H22N2OS/c1-10(12-6-7-18-9-12)16-14(17)13-5-3-2-4-11(13)8-15/h6-7,9-11,13H,2-5,8,15H2,1H3,(H,16,17).